The van der Waals surface area contributed by atoms with Gasteiger partial charge in [-0.2, -0.15) is 13.2 Å². The monoisotopic (exact) mass is 457 g/mol. The Morgan fingerprint density at radius 3 is 2.57 bits per heavy atom. The van der Waals surface area contributed by atoms with Gasteiger partial charge in [0.2, 0.25) is 0 Å². The first-order valence-corrected chi connectivity index (χ1v) is 9.24. The van der Waals surface area contributed by atoms with Gasteiger partial charge in [0.25, 0.3) is 0 Å². The van der Waals surface area contributed by atoms with Crippen LogP contribution < -0.4 is 0 Å². The number of halogens is 5. The molecule has 2 aromatic rings. The van der Waals surface area contributed by atoms with Gasteiger partial charge in [-0.05, 0) is 25.1 Å². The molecule has 0 aliphatic carbocycles. The van der Waals surface area contributed by atoms with Crippen molar-refractivity contribution in [1.29, 1.82) is 0 Å². The molecule has 0 unspecified atom stereocenters. The quantitative estimate of drug-likeness (QED) is 0.428. The Hall–Kier alpha value is -2.22. The minimum absolute atomic E-state index is 0.00378. The molecule has 0 spiro atoms. The Balaban J connectivity index is 2.00. The van der Waals surface area contributed by atoms with E-state index in [0.29, 0.717) is 10.0 Å². The average molecular weight is 458 g/mol. The summed E-state index contributed by atoms with van der Waals surface area (Å²) < 4.78 is 60.2. The predicted octanol–water partition coefficient (Wildman–Crippen LogP) is 5.83. The Morgan fingerprint density at radius 2 is 1.93 bits per heavy atom. The number of ketones is 1. The van der Waals surface area contributed by atoms with Crippen molar-refractivity contribution in [1.82, 2.24) is 0 Å². The highest BCUT2D eigenvalue weighted by atomic mass is 79.9. The second kappa shape index (κ2) is 7.66. The number of aliphatic imine (C=N–C) groups is 1. The van der Waals surface area contributed by atoms with E-state index in [1.165, 1.54) is 19.1 Å². The van der Waals surface area contributed by atoms with E-state index < -0.39 is 42.3 Å². The van der Waals surface area contributed by atoms with Crippen LogP contribution in [0.3, 0.4) is 0 Å². The van der Waals surface area contributed by atoms with Gasteiger partial charge in [-0.1, -0.05) is 46.3 Å². The topological polar surface area (TPSA) is 38.7 Å². The summed E-state index contributed by atoms with van der Waals surface area (Å²) in [5.41, 5.74) is -1.19. The lowest BCUT2D eigenvalue weighted by Crippen LogP contribution is -2.44. The van der Waals surface area contributed by atoms with Crippen molar-refractivity contribution in [3.8, 4) is 0 Å². The lowest BCUT2D eigenvalue weighted by Gasteiger charge is -2.37. The largest absolute Gasteiger partial charge is 0.468 e. The number of Topliss-reactive ketones (excluding diaryl/α,β-unsaturated/α-hetero) is 1. The number of carbonyl (C=O) groups excluding carboxylic acids is 1. The molecule has 1 aliphatic rings. The molecule has 8 heteroatoms. The average Bonchev–Trinajstić information content (AvgIpc) is 2.63. The molecule has 0 amide bonds. The molecule has 0 N–H and O–H groups in total. The summed E-state index contributed by atoms with van der Waals surface area (Å²) in [6, 6.07) is 12.1. The van der Waals surface area contributed by atoms with E-state index in [4.69, 9.17) is 4.74 Å². The lowest BCUT2D eigenvalue weighted by atomic mass is 9.85. The van der Waals surface area contributed by atoms with Crippen LogP contribution in [0.4, 0.5) is 17.6 Å². The molecule has 3 nitrogen and oxygen atoms in total. The van der Waals surface area contributed by atoms with Gasteiger partial charge in [-0.15, -0.1) is 0 Å². The highest BCUT2D eigenvalue weighted by molar-refractivity contribution is 9.10. The van der Waals surface area contributed by atoms with E-state index in [1.807, 2.05) is 0 Å². The van der Waals surface area contributed by atoms with Gasteiger partial charge in [0, 0.05) is 22.0 Å². The van der Waals surface area contributed by atoms with Crippen LogP contribution in [0.1, 0.15) is 35.7 Å². The Labute approximate surface area is 167 Å². The summed E-state index contributed by atoms with van der Waals surface area (Å²) in [6.07, 6.45) is -7.90. The van der Waals surface area contributed by atoms with E-state index in [0.717, 1.165) is 6.07 Å². The van der Waals surface area contributed by atoms with E-state index in [-0.39, 0.29) is 11.5 Å². The predicted molar refractivity (Wildman–Crippen MR) is 99.8 cm³/mol. The first kappa shape index (κ1) is 20.5. The van der Waals surface area contributed by atoms with Crippen molar-refractivity contribution >= 4 is 27.6 Å². The van der Waals surface area contributed by atoms with Crippen molar-refractivity contribution < 1.29 is 27.1 Å². The molecule has 148 valence electrons. The third kappa shape index (κ3) is 4.43. The minimum atomic E-state index is -4.68. The number of ether oxygens (including phenoxy) is 1. The molecule has 0 aromatic heterocycles. The highest BCUT2D eigenvalue weighted by Gasteiger charge is 2.50. The third-order valence-electron chi connectivity index (χ3n) is 4.51. The first-order chi connectivity index (χ1) is 13.1. The first-order valence-electron chi connectivity index (χ1n) is 8.44. The maximum atomic E-state index is 14.4. The second-order valence-electron chi connectivity index (χ2n) is 6.72. The maximum absolute atomic E-state index is 14.4. The zero-order valence-corrected chi connectivity index (χ0v) is 16.3. The second-order valence-corrected chi connectivity index (χ2v) is 7.64. The summed E-state index contributed by atoms with van der Waals surface area (Å²) in [7, 11) is 0. The van der Waals surface area contributed by atoms with Crippen LogP contribution in [-0.2, 0) is 10.3 Å². The minimum Gasteiger partial charge on any atom is -0.468 e. The van der Waals surface area contributed by atoms with E-state index >= 15 is 0 Å². The van der Waals surface area contributed by atoms with Gasteiger partial charge in [-0.25, -0.2) is 9.38 Å². The highest BCUT2D eigenvalue weighted by Crippen LogP contribution is 2.42. The fraction of sp³-hybridized carbons (Fsp3) is 0.300. The summed E-state index contributed by atoms with van der Waals surface area (Å²) in [5.74, 6) is -1.46. The standard InChI is InChI=1S/C20H16BrF4NO2/c1-19(14-9-13(21)7-8-15(14)22)11-17(20(23,24)25)28-18(26-19)10-16(27)12-5-3-2-4-6-12/h2-9,17H,10-11H2,1H3/t17-,19-/m0/s1. The smallest absolute Gasteiger partial charge is 0.425 e. The Kier molecular flexibility index (Phi) is 5.61. The van der Waals surface area contributed by atoms with Crippen LogP contribution in [0.15, 0.2) is 58.0 Å². The fourth-order valence-electron chi connectivity index (χ4n) is 3.12. The molecular weight excluding hydrogens is 442 g/mol. The van der Waals surface area contributed by atoms with E-state index in [1.54, 1.807) is 30.3 Å². The summed E-state index contributed by atoms with van der Waals surface area (Å²) in [4.78, 5) is 16.6. The zero-order chi connectivity index (χ0) is 20.5. The van der Waals surface area contributed by atoms with Crippen LogP contribution >= 0.6 is 15.9 Å². The van der Waals surface area contributed by atoms with Gasteiger partial charge < -0.3 is 4.74 Å². The molecule has 0 saturated carbocycles. The van der Waals surface area contributed by atoms with Gasteiger partial charge in [0.1, 0.15) is 5.82 Å². The molecule has 0 fully saturated rings. The van der Waals surface area contributed by atoms with Gasteiger partial charge in [0.05, 0.1) is 12.0 Å². The molecular formula is C20H16BrF4NO2. The van der Waals surface area contributed by atoms with Crippen LogP contribution in [0.2, 0.25) is 0 Å². The summed E-state index contributed by atoms with van der Waals surface area (Å²) in [5, 5.41) is 0. The van der Waals surface area contributed by atoms with E-state index in [2.05, 4.69) is 20.9 Å². The van der Waals surface area contributed by atoms with Crippen molar-refractivity contribution in [3.05, 3.63) is 69.9 Å². The number of benzene rings is 2. The lowest BCUT2D eigenvalue weighted by molar-refractivity contribution is -0.208. The zero-order valence-electron chi connectivity index (χ0n) is 14.8. The van der Waals surface area contributed by atoms with Crippen LogP contribution in [0.25, 0.3) is 0 Å². The SMILES string of the molecule is C[C@@]1(c2cc(Br)ccc2F)C[C@@H](C(F)(F)F)OC(CC(=O)c2ccccc2)=N1. The number of hydrogen-bond donors (Lipinski definition) is 0. The summed E-state index contributed by atoms with van der Waals surface area (Å²) >= 11 is 3.20. The molecule has 28 heavy (non-hydrogen) atoms. The van der Waals surface area contributed by atoms with Crippen molar-refractivity contribution in [2.45, 2.75) is 37.6 Å². The fourth-order valence-corrected chi connectivity index (χ4v) is 3.48. The number of hydrogen-bond acceptors (Lipinski definition) is 3. The normalized spacial score (nSPS) is 22.4. The molecule has 3 rings (SSSR count). The van der Waals surface area contributed by atoms with Crippen molar-refractivity contribution in [2.24, 2.45) is 4.99 Å². The van der Waals surface area contributed by atoms with Crippen molar-refractivity contribution in [2.75, 3.05) is 0 Å². The molecule has 1 aliphatic heterocycles. The maximum Gasteiger partial charge on any atom is 0.425 e. The third-order valence-corrected chi connectivity index (χ3v) is 5.01. The Bertz CT molecular complexity index is 914. The van der Waals surface area contributed by atoms with Gasteiger partial charge >= 0.3 is 6.18 Å². The van der Waals surface area contributed by atoms with Crippen LogP contribution in [-0.4, -0.2) is 24.0 Å². The molecule has 2 aromatic carbocycles. The van der Waals surface area contributed by atoms with Crippen LogP contribution in [0, 0.1) is 5.82 Å². The molecule has 0 radical (unpaired) electrons. The van der Waals surface area contributed by atoms with Gasteiger partial charge in [0.15, 0.2) is 17.8 Å². The molecule has 1 heterocycles. The van der Waals surface area contributed by atoms with E-state index in [9.17, 15) is 22.4 Å². The number of rotatable bonds is 4. The Morgan fingerprint density at radius 1 is 1.25 bits per heavy atom. The number of nitrogens with zero attached hydrogens (tertiary/aromatic N) is 1. The number of alkyl halides is 3. The molecule has 0 bridgehead atoms. The van der Waals surface area contributed by atoms with Crippen LogP contribution in [0.5, 0.6) is 0 Å². The summed E-state index contributed by atoms with van der Waals surface area (Å²) in [6.45, 7) is 1.41. The van der Waals surface area contributed by atoms with Crippen molar-refractivity contribution in [3.63, 3.8) is 0 Å². The van der Waals surface area contributed by atoms with Gasteiger partial charge in [-0.3, -0.25) is 4.79 Å². The molecule has 2 atom stereocenters. The molecule has 0 saturated heterocycles. The number of carbonyl (C=O) groups is 1.